The number of hydrogen-bond acceptors (Lipinski definition) is 4. The smallest absolute Gasteiger partial charge is 0.147 e. The molecule has 0 spiro atoms. The van der Waals surface area contributed by atoms with E-state index in [4.69, 9.17) is 9.78 Å². The van der Waals surface area contributed by atoms with E-state index in [0.717, 1.165) is 29.9 Å². The Balaban J connectivity index is 1.86. The van der Waals surface area contributed by atoms with Crippen molar-refractivity contribution in [1.82, 2.24) is 5.16 Å². The standard InChI is InChI=1S/C15H16FN3O/c1-10-13(11(2)20-19-10)4-3-7-18-15-6-5-12(9-17)8-14(15)16/h5-6,8,18H,3-4,7H2,1-2H3. The maximum Gasteiger partial charge on any atom is 0.147 e. The monoisotopic (exact) mass is 273 g/mol. The summed E-state index contributed by atoms with van der Waals surface area (Å²) in [5.74, 6) is 0.438. The second kappa shape index (κ2) is 6.20. The van der Waals surface area contributed by atoms with Crippen molar-refractivity contribution in [3.05, 3.63) is 46.6 Å². The van der Waals surface area contributed by atoms with Crippen LogP contribution < -0.4 is 5.32 Å². The molecule has 1 heterocycles. The van der Waals surface area contributed by atoms with E-state index in [2.05, 4.69) is 10.5 Å². The summed E-state index contributed by atoms with van der Waals surface area (Å²) in [5, 5.41) is 15.6. The van der Waals surface area contributed by atoms with Gasteiger partial charge in [0.05, 0.1) is 23.0 Å². The molecule has 20 heavy (non-hydrogen) atoms. The van der Waals surface area contributed by atoms with E-state index < -0.39 is 5.82 Å². The summed E-state index contributed by atoms with van der Waals surface area (Å²) >= 11 is 0. The van der Waals surface area contributed by atoms with Crippen LogP contribution in [0.1, 0.15) is 29.0 Å². The molecule has 0 fully saturated rings. The first kappa shape index (κ1) is 14.1. The number of nitriles is 1. The molecular formula is C15H16FN3O. The number of aryl methyl sites for hydroxylation is 2. The van der Waals surface area contributed by atoms with Crippen LogP contribution >= 0.6 is 0 Å². The van der Waals surface area contributed by atoms with E-state index in [0.29, 0.717) is 17.8 Å². The van der Waals surface area contributed by atoms with Gasteiger partial charge in [-0.3, -0.25) is 0 Å². The zero-order chi connectivity index (χ0) is 14.5. The van der Waals surface area contributed by atoms with Gasteiger partial charge in [-0.15, -0.1) is 0 Å². The molecule has 0 bridgehead atoms. The quantitative estimate of drug-likeness (QED) is 0.849. The summed E-state index contributed by atoms with van der Waals surface area (Å²) in [6, 6.07) is 6.32. The van der Waals surface area contributed by atoms with E-state index in [-0.39, 0.29) is 0 Å². The van der Waals surface area contributed by atoms with Crippen LogP contribution in [0.15, 0.2) is 22.7 Å². The minimum absolute atomic E-state index is 0.323. The Morgan fingerprint density at radius 3 is 2.80 bits per heavy atom. The van der Waals surface area contributed by atoms with Crippen molar-refractivity contribution in [2.24, 2.45) is 0 Å². The zero-order valence-corrected chi connectivity index (χ0v) is 11.5. The lowest BCUT2D eigenvalue weighted by molar-refractivity contribution is 0.392. The molecule has 0 atom stereocenters. The minimum atomic E-state index is -0.401. The van der Waals surface area contributed by atoms with Crippen LogP contribution in [0.3, 0.4) is 0 Å². The maximum absolute atomic E-state index is 13.6. The van der Waals surface area contributed by atoms with Gasteiger partial charge >= 0.3 is 0 Å². The Kier molecular flexibility index (Phi) is 4.36. The van der Waals surface area contributed by atoms with Gasteiger partial charge in [0, 0.05) is 12.1 Å². The predicted octanol–water partition coefficient (Wildman–Crippen LogP) is 3.35. The topological polar surface area (TPSA) is 61.9 Å². The van der Waals surface area contributed by atoms with Crippen molar-refractivity contribution in [2.75, 3.05) is 11.9 Å². The molecule has 1 N–H and O–H groups in total. The van der Waals surface area contributed by atoms with Gasteiger partial charge in [-0.2, -0.15) is 5.26 Å². The Morgan fingerprint density at radius 2 is 2.20 bits per heavy atom. The van der Waals surface area contributed by atoms with Crippen LogP contribution in [0.4, 0.5) is 10.1 Å². The first-order valence-corrected chi connectivity index (χ1v) is 6.47. The van der Waals surface area contributed by atoms with Gasteiger partial charge in [-0.1, -0.05) is 5.16 Å². The SMILES string of the molecule is Cc1noc(C)c1CCCNc1ccc(C#N)cc1F. The van der Waals surface area contributed by atoms with Gasteiger partial charge < -0.3 is 9.84 Å². The largest absolute Gasteiger partial charge is 0.383 e. The summed E-state index contributed by atoms with van der Waals surface area (Å²) in [5.41, 5.74) is 2.77. The van der Waals surface area contributed by atoms with E-state index in [1.165, 1.54) is 6.07 Å². The van der Waals surface area contributed by atoms with E-state index in [9.17, 15) is 4.39 Å². The van der Waals surface area contributed by atoms with Crippen molar-refractivity contribution < 1.29 is 8.91 Å². The van der Waals surface area contributed by atoms with Gasteiger partial charge in [0.25, 0.3) is 0 Å². The molecule has 0 aliphatic heterocycles. The molecule has 0 aliphatic rings. The van der Waals surface area contributed by atoms with Gasteiger partial charge in [0.1, 0.15) is 11.6 Å². The van der Waals surface area contributed by atoms with Crippen LogP contribution in [0.5, 0.6) is 0 Å². The third-order valence-electron chi connectivity index (χ3n) is 3.20. The normalized spacial score (nSPS) is 10.3. The van der Waals surface area contributed by atoms with Gasteiger partial charge in [0.2, 0.25) is 0 Å². The van der Waals surface area contributed by atoms with Crippen molar-refractivity contribution in [1.29, 1.82) is 5.26 Å². The lowest BCUT2D eigenvalue weighted by Crippen LogP contribution is -2.05. The highest BCUT2D eigenvalue weighted by molar-refractivity contribution is 5.48. The Hall–Kier alpha value is -2.35. The maximum atomic E-state index is 13.6. The minimum Gasteiger partial charge on any atom is -0.383 e. The third-order valence-corrected chi connectivity index (χ3v) is 3.20. The summed E-state index contributed by atoms with van der Waals surface area (Å²) in [6.45, 7) is 4.45. The van der Waals surface area contributed by atoms with E-state index in [1.54, 1.807) is 12.1 Å². The number of nitrogens with one attached hydrogen (secondary N) is 1. The molecule has 0 saturated carbocycles. The molecule has 0 unspecified atom stereocenters. The third kappa shape index (κ3) is 3.15. The van der Waals surface area contributed by atoms with Crippen LogP contribution in [0, 0.1) is 31.0 Å². The average Bonchev–Trinajstić information content (AvgIpc) is 2.76. The molecule has 0 amide bonds. The van der Waals surface area contributed by atoms with Crippen LogP contribution in [0.2, 0.25) is 0 Å². The molecule has 0 radical (unpaired) electrons. The Labute approximate surface area is 117 Å². The van der Waals surface area contributed by atoms with Gasteiger partial charge in [-0.25, -0.2) is 4.39 Å². The highest BCUT2D eigenvalue weighted by Gasteiger charge is 2.08. The number of anilines is 1. The number of hydrogen-bond donors (Lipinski definition) is 1. The number of nitrogens with zero attached hydrogens (tertiary/aromatic N) is 2. The zero-order valence-electron chi connectivity index (χ0n) is 11.5. The summed E-state index contributed by atoms with van der Waals surface area (Å²) in [7, 11) is 0. The van der Waals surface area contributed by atoms with Crippen molar-refractivity contribution >= 4 is 5.69 Å². The summed E-state index contributed by atoms with van der Waals surface area (Å²) < 4.78 is 18.7. The first-order valence-electron chi connectivity index (χ1n) is 6.47. The van der Waals surface area contributed by atoms with E-state index >= 15 is 0 Å². The lowest BCUT2D eigenvalue weighted by atomic mass is 10.1. The van der Waals surface area contributed by atoms with Crippen LogP contribution in [0.25, 0.3) is 0 Å². The Bertz CT molecular complexity index is 624. The fourth-order valence-electron chi connectivity index (χ4n) is 2.08. The number of benzene rings is 1. The van der Waals surface area contributed by atoms with Crippen LogP contribution in [-0.4, -0.2) is 11.7 Å². The summed E-state index contributed by atoms with van der Waals surface area (Å²) in [4.78, 5) is 0. The molecule has 104 valence electrons. The van der Waals surface area contributed by atoms with Gasteiger partial charge in [-0.05, 0) is 44.9 Å². The molecule has 4 nitrogen and oxygen atoms in total. The fraction of sp³-hybridized carbons (Fsp3) is 0.333. The fourth-order valence-corrected chi connectivity index (χ4v) is 2.08. The van der Waals surface area contributed by atoms with E-state index in [1.807, 2.05) is 19.9 Å². The molecule has 0 aliphatic carbocycles. The second-order valence-electron chi connectivity index (χ2n) is 4.64. The highest BCUT2D eigenvalue weighted by atomic mass is 19.1. The molecule has 0 saturated heterocycles. The second-order valence-corrected chi connectivity index (χ2v) is 4.64. The first-order chi connectivity index (χ1) is 9.61. The molecule has 5 heteroatoms. The van der Waals surface area contributed by atoms with Crippen LogP contribution in [-0.2, 0) is 6.42 Å². The Morgan fingerprint density at radius 1 is 1.40 bits per heavy atom. The number of halogens is 1. The average molecular weight is 273 g/mol. The molecule has 1 aromatic heterocycles. The predicted molar refractivity (Wildman–Crippen MR) is 73.9 cm³/mol. The number of aromatic nitrogens is 1. The number of rotatable bonds is 5. The van der Waals surface area contributed by atoms with Crippen molar-refractivity contribution in [3.63, 3.8) is 0 Å². The highest BCUT2D eigenvalue weighted by Crippen LogP contribution is 2.17. The summed E-state index contributed by atoms with van der Waals surface area (Å²) in [6.07, 6.45) is 1.69. The molecule has 2 rings (SSSR count). The molecular weight excluding hydrogens is 257 g/mol. The molecule has 2 aromatic rings. The van der Waals surface area contributed by atoms with Crippen molar-refractivity contribution in [2.45, 2.75) is 26.7 Å². The van der Waals surface area contributed by atoms with Gasteiger partial charge in [0.15, 0.2) is 0 Å². The van der Waals surface area contributed by atoms with Crippen molar-refractivity contribution in [3.8, 4) is 6.07 Å². The lowest BCUT2D eigenvalue weighted by Gasteiger charge is -2.07. The molecule has 1 aromatic carbocycles.